The molecule has 1 unspecified atom stereocenters. The standard InChI is InChI=1S/C15H16BrNO3/c16-12-5-2-1-4-11(12)7-8-15(19)17-13(10-18)14-6-3-9-20-14/h1-6,9,13,18H,7-8,10H2,(H,17,19). The first-order valence-corrected chi connectivity index (χ1v) is 7.17. The number of aryl methyl sites for hydroxylation is 1. The molecule has 1 aromatic heterocycles. The summed E-state index contributed by atoms with van der Waals surface area (Å²) in [7, 11) is 0. The molecule has 1 heterocycles. The van der Waals surface area contributed by atoms with Crippen LogP contribution in [0.15, 0.2) is 51.6 Å². The molecule has 0 aliphatic rings. The topological polar surface area (TPSA) is 62.5 Å². The predicted octanol–water partition coefficient (Wildman–Crippen LogP) is 2.82. The molecule has 0 bridgehead atoms. The lowest BCUT2D eigenvalue weighted by atomic mass is 10.1. The Morgan fingerprint density at radius 3 is 2.75 bits per heavy atom. The molecule has 0 fully saturated rings. The van der Waals surface area contributed by atoms with Crippen molar-refractivity contribution in [2.75, 3.05) is 6.61 Å². The summed E-state index contributed by atoms with van der Waals surface area (Å²) in [5.74, 6) is 0.443. The summed E-state index contributed by atoms with van der Waals surface area (Å²) < 4.78 is 6.18. The van der Waals surface area contributed by atoms with E-state index in [-0.39, 0.29) is 12.5 Å². The van der Waals surface area contributed by atoms with Gasteiger partial charge in [-0.15, -0.1) is 0 Å². The number of halogens is 1. The third-order valence-electron chi connectivity index (χ3n) is 2.98. The van der Waals surface area contributed by atoms with Gasteiger partial charge in [-0.25, -0.2) is 0 Å². The van der Waals surface area contributed by atoms with Gasteiger partial charge in [0.05, 0.1) is 12.9 Å². The molecule has 0 radical (unpaired) electrons. The Labute approximate surface area is 125 Å². The van der Waals surface area contributed by atoms with Gasteiger partial charge >= 0.3 is 0 Å². The van der Waals surface area contributed by atoms with Crippen LogP contribution in [-0.4, -0.2) is 17.6 Å². The number of aliphatic hydroxyl groups is 1. The van der Waals surface area contributed by atoms with Gasteiger partial charge in [0.2, 0.25) is 5.91 Å². The predicted molar refractivity (Wildman–Crippen MR) is 79.1 cm³/mol. The van der Waals surface area contributed by atoms with Crippen LogP contribution in [0.3, 0.4) is 0 Å². The highest BCUT2D eigenvalue weighted by molar-refractivity contribution is 9.10. The van der Waals surface area contributed by atoms with Gasteiger partial charge < -0.3 is 14.8 Å². The Bertz CT molecular complexity index is 554. The van der Waals surface area contributed by atoms with E-state index in [1.54, 1.807) is 12.1 Å². The van der Waals surface area contributed by atoms with Crippen LogP contribution in [0, 0.1) is 0 Å². The lowest BCUT2D eigenvalue weighted by Crippen LogP contribution is -2.30. The second-order valence-corrected chi connectivity index (χ2v) is 5.26. The molecule has 106 valence electrons. The Balaban J connectivity index is 1.88. The fraction of sp³-hybridized carbons (Fsp3) is 0.267. The maximum absolute atomic E-state index is 11.9. The number of carbonyl (C=O) groups excluding carboxylic acids is 1. The number of nitrogens with one attached hydrogen (secondary N) is 1. The van der Waals surface area contributed by atoms with Crippen molar-refractivity contribution in [3.63, 3.8) is 0 Å². The minimum Gasteiger partial charge on any atom is -0.467 e. The second-order valence-electron chi connectivity index (χ2n) is 4.41. The van der Waals surface area contributed by atoms with Gasteiger partial charge in [0.25, 0.3) is 0 Å². The number of amides is 1. The zero-order valence-corrected chi connectivity index (χ0v) is 12.5. The molecular formula is C15H16BrNO3. The number of carbonyl (C=O) groups is 1. The number of rotatable bonds is 6. The second kappa shape index (κ2) is 7.26. The van der Waals surface area contributed by atoms with Gasteiger partial charge in [0, 0.05) is 10.9 Å². The first-order valence-electron chi connectivity index (χ1n) is 6.37. The molecule has 20 heavy (non-hydrogen) atoms. The molecule has 0 saturated heterocycles. The summed E-state index contributed by atoms with van der Waals surface area (Å²) in [6.45, 7) is -0.186. The molecule has 2 rings (SSSR count). The lowest BCUT2D eigenvalue weighted by molar-refractivity contribution is -0.122. The molecule has 0 aliphatic carbocycles. The van der Waals surface area contributed by atoms with Crippen LogP contribution in [0.5, 0.6) is 0 Å². The average molecular weight is 338 g/mol. The fourth-order valence-corrected chi connectivity index (χ4v) is 2.40. The summed E-state index contributed by atoms with van der Waals surface area (Å²) >= 11 is 3.46. The van der Waals surface area contributed by atoms with E-state index in [0.717, 1.165) is 10.0 Å². The fourth-order valence-electron chi connectivity index (χ4n) is 1.91. The lowest BCUT2D eigenvalue weighted by Gasteiger charge is -2.14. The van der Waals surface area contributed by atoms with Crippen molar-refractivity contribution in [2.24, 2.45) is 0 Å². The summed E-state index contributed by atoms with van der Waals surface area (Å²) in [4.78, 5) is 11.9. The highest BCUT2D eigenvalue weighted by Gasteiger charge is 2.16. The van der Waals surface area contributed by atoms with Crippen LogP contribution in [0.4, 0.5) is 0 Å². The van der Waals surface area contributed by atoms with E-state index in [4.69, 9.17) is 4.42 Å². The van der Waals surface area contributed by atoms with Gasteiger partial charge in [-0.2, -0.15) is 0 Å². The molecule has 0 aliphatic heterocycles. The van der Waals surface area contributed by atoms with Crippen LogP contribution >= 0.6 is 15.9 Å². The molecule has 1 amide bonds. The summed E-state index contributed by atoms with van der Waals surface area (Å²) in [5, 5.41) is 12.1. The minimum absolute atomic E-state index is 0.115. The molecule has 2 aromatic rings. The van der Waals surface area contributed by atoms with Crippen LogP contribution in [0.1, 0.15) is 23.8 Å². The van der Waals surface area contributed by atoms with Crippen LogP contribution in [0.2, 0.25) is 0 Å². The van der Waals surface area contributed by atoms with E-state index < -0.39 is 6.04 Å². The van der Waals surface area contributed by atoms with E-state index in [0.29, 0.717) is 18.6 Å². The van der Waals surface area contributed by atoms with Crippen molar-refractivity contribution in [1.82, 2.24) is 5.32 Å². The Kier molecular flexibility index (Phi) is 5.38. The van der Waals surface area contributed by atoms with E-state index in [1.165, 1.54) is 6.26 Å². The van der Waals surface area contributed by atoms with Crippen molar-refractivity contribution in [3.8, 4) is 0 Å². The van der Waals surface area contributed by atoms with Crippen LogP contribution in [0.25, 0.3) is 0 Å². The SMILES string of the molecule is O=C(CCc1ccccc1Br)NC(CO)c1ccco1. The van der Waals surface area contributed by atoms with Gasteiger partial charge in [-0.3, -0.25) is 4.79 Å². The normalized spacial score (nSPS) is 12.1. The molecule has 0 spiro atoms. The molecule has 2 N–H and O–H groups in total. The summed E-state index contributed by atoms with van der Waals surface area (Å²) in [5.41, 5.74) is 1.08. The van der Waals surface area contributed by atoms with E-state index in [2.05, 4.69) is 21.2 Å². The zero-order chi connectivity index (χ0) is 14.4. The summed E-state index contributed by atoms with van der Waals surface area (Å²) in [6, 6.07) is 10.8. The van der Waals surface area contributed by atoms with E-state index >= 15 is 0 Å². The molecule has 5 heteroatoms. The highest BCUT2D eigenvalue weighted by atomic mass is 79.9. The third-order valence-corrected chi connectivity index (χ3v) is 3.76. The number of hydrogen-bond donors (Lipinski definition) is 2. The van der Waals surface area contributed by atoms with Crippen molar-refractivity contribution in [3.05, 3.63) is 58.5 Å². The van der Waals surface area contributed by atoms with Crippen LogP contribution in [-0.2, 0) is 11.2 Å². The van der Waals surface area contributed by atoms with Gasteiger partial charge in [-0.1, -0.05) is 34.1 Å². The molecule has 4 nitrogen and oxygen atoms in total. The van der Waals surface area contributed by atoms with Gasteiger partial charge in [0.1, 0.15) is 11.8 Å². The minimum atomic E-state index is -0.489. The Morgan fingerprint density at radius 2 is 2.10 bits per heavy atom. The van der Waals surface area contributed by atoms with Crippen molar-refractivity contribution >= 4 is 21.8 Å². The van der Waals surface area contributed by atoms with Gasteiger partial charge in [0.15, 0.2) is 0 Å². The number of hydrogen-bond acceptors (Lipinski definition) is 3. The van der Waals surface area contributed by atoms with E-state index in [1.807, 2.05) is 24.3 Å². The van der Waals surface area contributed by atoms with E-state index in [9.17, 15) is 9.90 Å². The third kappa shape index (κ3) is 3.95. The Hall–Kier alpha value is -1.59. The molecule has 1 atom stereocenters. The maximum Gasteiger partial charge on any atom is 0.220 e. The number of furan rings is 1. The Morgan fingerprint density at radius 1 is 1.30 bits per heavy atom. The number of benzene rings is 1. The number of aliphatic hydroxyl groups excluding tert-OH is 1. The highest BCUT2D eigenvalue weighted by Crippen LogP contribution is 2.18. The van der Waals surface area contributed by atoms with Gasteiger partial charge in [-0.05, 0) is 30.2 Å². The molecule has 1 aromatic carbocycles. The average Bonchev–Trinajstić information content (AvgIpc) is 2.98. The summed E-state index contributed by atoms with van der Waals surface area (Å²) in [6.07, 6.45) is 2.52. The molecule has 0 saturated carbocycles. The van der Waals surface area contributed by atoms with Crippen molar-refractivity contribution in [1.29, 1.82) is 0 Å². The van der Waals surface area contributed by atoms with Crippen molar-refractivity contribution < 1.29 is 14.3 Å². The maximum atomic E-state index is 11.9. The first kappa shape index (κ1) is 14.8. The molecular weight excluding hydrogens is 322 g/mol. The largest absolute Gasteiger partial charge is 0.467 e. The van der Waals surface area contributed by atoms with Crippen LogP contribution < -0.4 is 5.32 Å². The quantitative estimate of drug-likeness (QED) is 0.851. The monoisotopic (exact) mass is 337 g/mol. The zero-order valence-electron chi connectivity index (χ0n) is 10.9. The van der Waals surface area contributed by atoms with Crippen molar-refractivity contribution in [2.45, 2.75) is 18.9 Å². The first-order chi connectivity index (χ1) is 9.70. The smallest absolute Gasteiger partial charge is 0.220 e.